The molecule has 0 aliphatic rings. The summed E-state index contributed by atoms with van der Waals surface area (Å²) in [5, 5.41) is 12.0. The van der Waals surface area contributed by atoms with Gasteiger partial charge in [0, 0.05) is 31.5 Å². The van der Waals surface area contributed by atoms with Gasteiger partial charge < -0.3 is 5.32 Å². The van der Waals surface area contributed by atoms with Gasteiger partial charge in [0.25, 0.3) is 0 Å². The molecule has 6 heteroatoms. The predicted octanol–water partition coefficient (Wildman–Crippen LogP) is 2.54. The van der Waals surface area contributed by atoms with Crippen molar-refractivity contribution in [2.24, 2.45) is 0 Å². The molecule has 0 fully saturated rings. The molecule has 0 aromatic carbocycles. The fraction of sp³-hybridized carbons (Fsp3) is 0.500. The van der Waals surface area contributed by atoms with Gasteiger partial charge in [0.1, 0.15) is 5.82 Å². The second-order valence-electron chi connectivity index (χ2n) is 3.96. The van der Waals surface area contributed by atoms with Crippen LogP contribution in [0.25, 0.3) is 0 Å². The number of rotatable bonds is 6. The monoisotopic (exact) mass is 269 g/mol. The highest BCUT2D eigenvalue weighted by Gasteiger charge is 2.02. The van der Waals surface area contributed by atoms with Crippen LogP contribution in [0, 0.1) is 0 Å². The van der Waals surface area contributed by atoms with Crippen molar-refractivity contribution in [1.82, 2.24) is 19.6 Å². The number of anilines is 1. The second-order valence-corrected chi connectivity index (χ2v) is 3.96. The molecular formula is C12H20ClN5. The molecule has 0 saturated heterocycles. The van der Waals surface area contributed by atoms with E-state index < -0.39 is 0 Å². The fourth-order valence-corrected chi connectivity index (χ4v) is 1.79. The Morgan fingerprint density at radius 3 is 2.83 bits per heavy atom. The molecule has 2 heterocycles. The van der Waals surface area contributed by atoms with Gasteiger partial charge in [-0.3, -0.25) is 9.36 Å². The minimum atomic E-state index is 0. The van der Waals surface area contributed by atoms with Crippen molar-refractivity contribution in [2.75, 3.05) is 5.32 Å². The zero-order valence-corrected chi connectivity index (χ0v) is 11.7. The minimum Gasteiger partial charge on any atom is -0.363 e. The van der Waals surface area contributed by atoms with Crippen LogP contribution in [0.3, 0.4) is 0 Å². The SMILES string of the molecule is CCCn1ccc(NCc2ccnn2CC)n1.Cl. The highest BCUT2D eigenvalue weighted by molar-refractivity contribution is 5.85. The Morgan fingerprint density at radius 2 is 2.11 bits per heavy atom. The van der Waals surface area contributed by atoms with E-state index in [0.29, 0.717) is 0 Å². The van der Waals surface area contributed by atoms with Crippen LogP contribution < -0.4 is 5.32 Å². The molecule has 0 aliphatic heterocycles. The third kappa shape index (κ3) is 3.50. The maximum atomic E-state index is 4.43. The van der Waals surface area contributed by atoms with E-state index in [9.17, 15) is 0 Å². The van der Waals surface area contributed by atoms with Gasteiger partial charge in [-0.2, -0.15) is 10.2 Å². The first-order chi connectivity index (χ1) is 8.33. The lowest BCUT2D eigenvalue weighted by molar-refractivity contribution is 0.602. The van der Waals surface area contributed by atoms with Crippen molar-refractivity contribution in [2.45, 2.75) is 39.9 Å². The van der Waals surface area contributed by atoms with Crippen LogP contribution in [-0.4, -0.2) is 19.6 Å². The van der Waals surface area contributed by atoms with E-state index in [-0.39, 0.29) is 12.4 Å². The number of aromatic nitrogens is 4. The van der Waals surface area contributed by atoms with Crippen LogP contribution in [0.15, 0.2) is 24.5 Å². The van der Waals surface area contributed by atoms with Gasteiger partial charge in [-0.15, -0.1) is 12.4 Å². The molecule has 0 aliphatic carbocycles. The highest BCUT2D eigenvalue weighted by Crippen LogP contribution is 2.06. The lowest BCUT2D eigenvalue weighted by Gasteiger charge is -2.05. The van der Waals surface area contributed by atoms with E-state index in [1.54, 1.807) is 0 Å². The number of nitrogens with one attached hydrogen (secondary N) is 1. The van der Waals surface area contributed by atoms with Crippen LogP contribution >= 0.6 is 12.4 Å². The first-order valence-corrected chi connectivity index (χ1v) is 6.11. The standard InChI is InChI=1S/C12H19N5.ClH/c1-3-8-16-9-6-12(15-16)13-10-11-5-7-14-17(11)4-2;/h5-7,9H,3-4,8,10H2,1-2H3,(H,13,15);1H. The zero-order chi connectivity index (χ0) is 12.1. The van der Waals surface area contributed by atoms with Crippen molar-refractivity contribution in [3.8, 4) is 0 Å². The molecule has 0 saturated carbocycles. The molecule has 2 aromatic heterocycles. The first kappa shape index (κ1) is 14.6. The van der Waals surface area contributed by atoms with E-state index in [0.717, 1.165) is 31.9 Å². The maximum absolute atomic E-state index is 4.43. The lowest BCUT2D eigenvalue weighted by Crippen LogP contribution is -2.08. The molecule has 2 aromatic rings. The average Bonchev–Trinajstić information content (AvgIpc) is 2.95. The number of hydrogen-bond donors (Lipinski definition) is 1. The first-order valence-electron chi connectivity index (χ1n) is 6.11. The van der Waals surface area contributed by atoms with Gasteiger partial charge in [0.2, 0.25) is 0 Å². The third-order valence-corrected chi connectivity index (χ3v) is 2.65. The molecule has 0 unspecified atom stereocenters. The van der Waals surface area contributed by atoms with Gasteiger partial charge in [-0.05, 0) is 19.4 Å². The van der Waals surface area contributed by atoms with Crippen LogP contribution in [0.4, 0.5) is 5.82 Å². The van der Waals surface area contributed by atoms with Crippen LogP contribution in [0.5, 0.6) is 0 Å². The van der Waals surface area contributed by atoms with Gasteiger partial charge >= 0.3 is 0 Å². The summed E-state index contributed by atoms with van der Waals surface area (Å²) in [7, 11) is 0. The summed E-state index contributed by atoms with van der Waals surface area (Å²) in [5.41, 5.74) is 1.18. The predicted molar refractivity (Wildman–Crippen MR) is 75.0 cm³/mol. The topological polar surface area (TPSA) is 47.7 Å². The zero-order valence-electron chi connectivity index (χ0n) is 10.8. The Bertz CT molecular complexity index is 462. The van der Waals surface area contributed by atoms with Gasteiger partial charge in [-0.1, -0.05) is 6.92 Å². The van der Waals surface area contributed by atoms with E-state index >= 15 is 0 Å². The van der Waals surface area contributed by atoms with E-state index in [2.05, 4.69) is 29.4 Å². The molecule has 0 radical (unpaired) electrons. The summed E-state index contributed by atoms with van der Waals surface area (Å²) >= 11 is 0. The Hall–Kier alpha value is -1.49. The van der Waals surface area contributed by atoms with Crippen molar-refractivity contribution in [3.63, 3.8) is 0 Å². The summed E-state index contributed by atoms with van der Waals surface area (Å²) in [6, 6.07) is 4.03. The maximum Gasteiger partial charge on any atom is 0.148 e. The van der Waals surface area contributed by atoms with Gasteiger partial charge in [0.15, 0.2) is 0 Å². The largest absolute Gasteiger partial charge is 0.363 e. The highest BCUT2D eigenvalue weighted by atomic mass is 35.5. The summed E-state index contributed by atoms with van der Waals surface area (Å²) in [5.74, 6) is 0.919. The third-order valence-electron chi connectivity index (χ3n) is 2.65. The Morgan fingerprint density at radius 1 is 1.28 bits per heavy atom. The summed E-state index contributed by atoms with van der Waals surface area (Å²) in [4.78, 5) is 0. The second kappa shape index (κ2) is 7.06. The molecule has 0 bridgehead atoms. The average molecular weight is 270 g/mol. The van der Waals surface area contributed by atoms with Gasteiger partial charge in [0.05, 0.1) is 12.2 Å². The molecule has 5 nitrogen and oxygen atoms in total. The van der Waals surface area contributed by atoms with Crippen molar-refractivity contribution in [1.29, 1.82) is 0 Å². The summed E-state index contributed by atoms with van der Waals surface area (Å²) in [6.45, 7) is 6.86. The van der Waals surface area contributed by atoms with Crippen molar-refractivity contribution < 1.29 is 0 Å². The molecule has 18 heavy (non-hydrogen) atoms. The fourth-order valence-electron chi connectivity index (χ4n) is 1.79. The smallest absolute Gasteiger partial charge is 0.148 e. The van der Waals surface area contributed by atoms with E-state index in [4.69, 9.17) is 0 Å². The van der Waals surface area contributed by atoms with Crippen LogP contribution in [0.1, 0.15) is 26.0 Å². The molecule has 2 rings (SSSR count). The molecule has 0 amide bonds. The number of halogens is 1. The molecule has 0 spiro atoms. The number of aryl methyl sites for hydroxylation is 2. The van der Waals surface area contributed by atoms with Crippen LogP contribution in [-0.2, 0) is 19.6 Å². The lowest BCUT2D eigenvalue weighted by atomic mass is 10.4. The Kier molecular flexibility index (Phi) is 5.71. The van der Waals surface area contributed by atoms with E-state index in [1.807, 2.05) is 33.9 Å². The van der Waals surface area contributed by atoms with E-state index in [1.165, 1.54) is 5.69 Å². The van der Waals surface area contributed by atoms with Gasteiger partial charge in [-0.25, -0.2) is 0 Å². The molecular weight excluding hydrogens is 250 g/mol. The quantitative estimate of drug-likeness (QED) is 0.877. The summed E-state index contributed by atoms with van der Waals surface area (Å²) < 4.78 is 3.94. The van der Waals surface area contributed by atoms with Crippen molar-refractivity contribution in [3.05, 3.63) is 30.2 Å². The Labute approximate surface area is 114 Å². The molecule has 0 atom stereocenters. The Balaban J connectivity index is 0.00000162. The number of nitrogens with zero attached hydrogens (tertiary/aromatic N) is 4. The number of hydrogen-bond acceptors (Lipinski definition) is 3. The normalized spacial score (nSPS) is 10.1. The molecule has 1 N–H and O–H groups in total. The van der Waals surface area contributed by atoms with Crippen LogP contribution in [0.2, 0.25) is 0 Å². The minimum absolute atomic E-state index is 0. The molecule has 100 valence electrons. The summed E-state index contributed by atoms with van der Waals surface area (Å²) in [6.07, 6.45) is 4.93. The van der Waals surface area contributed by atoms with Crippen molar-refractivity contribution >= 4 is 18.2 Å².